The number of aliphatic hydroxyl groups is 2. The number of carbonyl (C=O) groups is 2. The molecule has 1 saturated heterocycles. The molecule has 1 aliphatic heterocycles. The van der Waals surface area contributed by atoms with Gasteiger partial charge in [-0.15, -0.1) is 0 Å². The minimum Gasteiger partial charge on any atom is -0.366 e. The Bertz CT molecular complexity index is 347. The van der Waals surface area contributed by atoms with Crippen LogP contribution in [-0.2, 0) is 9.53 Å². The van der Waals surface area contributed by atoms with Crippen LogP contribution >= 0.6 is 0 Å². The lowest BCUT2D eigenvalue weighted by Crippen LogP contribution is -2.41. The molecule has 0 spiro atoms. The second-order valence-corrected chi connectivity index (χ2v) is 5.13. The van der Waals surface area contributed by atoms with Crippen molar-refractivity contribution >= 4 is 12.3 Å². The Hall–Kier alpha value is -1.44. The second kappa shape index (κ2) is 13.0. The van der Waals surface area contributed by atoms with Gasteiger partial charge in [0.15, 0.2) is 5.79 Å². The number of allylic oxidation sites excluding steroid dienone is 1. The number of hydrogen-bond donors (Lipinski definition) is 3. The molecule has 7 heteroatoms. The van der Waals surface area contributed by atoms with Crippen LogP contribution in [-0.4, -0.2) is 52.6 Å². The zero-order valence-electron chi connectivity index (χ0n) is 15.1. The summed E-state index contributed by atoms with van der Waals surface area (Å²) < 4.78 is 5.69. The summed E-state index contributed by atoms with van der Waals surface area (Å²) in [4.78, 5) is 23.3. The van der Waals surface area contributed by atoms with Crippen LogP contribution in [0.2, 0.25) is 0 Å². The van der Waals surface area contributed by atoms with E-state index in [2.05, 4.69) is 12.2 Å². The molecule has 1 fully saturated rings. The number of hydrogen-bond acceptors (Lipinski definition) is 5. The molecule has 0 radical (unpaired) electrons. The average molecular weight is 332 g/mol. The molecule has 0 aliphatic carbocycles. The van der Waals surface area contributed by atoms with Gasteiger partial charge in [0.05, 0.1) is 6.10 Å². The van der Waals surface area contributed by atoms with Gasteiger partial charge < -0.3 is 20.3 Å². The molecule has 3 N–H and O–H groups in total. The van der Waals surface area contributed by atoms with E-state index in [9.17, 15) is 9.59 Å². The second-order valence-electron chi connectivity index (χ2n) is 5.13. The maximum absolute atomic E-state index is 11.6. The van der Waals surface area contributed by atoms with Crippen molar-refractivity contribution in [3.63, 3.8) is 0 Å². The predicted molar refractivity (Wildman–Crippen MR) is 89.5 cm³/mol. The summed E-state index contributed by atoms with van der Waals surface area (Å²) in [6, 6.07) is -0.264. The highest BCUT2D eigenvalue weighted by atomic mass is 16.5. The Kier molecular flexibility index (Phi) is 13.5. The Labute approximate surface area is 139 Å². The number of urea groups is 1. The Morgan fingerprint density at radius 1 is 1.35 bits per heavy atom. The van der Waals surface area contributed by atoms with E-state index < -0.39 is 5.79 Å². The summed E-state index contributed by atoms with van der Waals surface area (Å²) in [7, 11) is 1.55. The van der Waals surface area contributed by atoms with Gasteiger partial charge in [-0.3, -0.25) is 9.69 Å². The van der Waals surface area contributed by atoms with Crippen LogP contribution in [0, 0.1) is 0 Å². The fraction of sp³-hybridized carbons (Fsp3) is 0.750. The Morgan fingerprint density at radius 3 is 2.22 bits per heavy atom. The third kappa shape index (κ3) is 12.8. The van der Waals surface area contributed by atoms with E-state index in [-0.39, 0.29) is 18.4 Å². The van der Waals surface area contributed by atoms with Gasteiger partial charge in [0, 0.05) is 13.2 Å². The van der Waals surface area contributed by atoms with Crippen LogP contribution in [0.15, 0.2) is 12.3 Å². The fourth-order valence-corrected chi connectivity index (χ4v) is 1.74. The maximum atomic E-state index is 11.6. The first-order valence-electron chi connectivity index (χ1n) is 7.95. The van der Waals surface area contributed by atoms with Gasteiger partial charge in [-0.1, -0.05) is 20.8 Å². The molecule has 2 atom stereocenters. The van der Waals surface area contributed by atoms with Crippen LogP contribution in [0.1, 0.15) is 53.9 Å². The first-order chi connectivity index (χ1) is 10.7. The molecule has 1 aliphatic rings. The van der Waals surface area contributed by atoms with Crippen molar-refractivity contribution in [1.29, 1.82) is 0 Å². The number of amides is 2. The zero-order chi connectivity index (χ0) is 18.5. The topological polar surface area (TPSA) is 99.1 Å². The van der Waals surface area contributed by atoms with Gasteiger partial charge in [-0.05, 0) is 39.2 Å². The quantitative estimate of drug-likeness (QED) is 0.415. The third-order valence-corrected chi connectivity index (χ3v) is 2.62. The number of rotatable bonds is 4. The van der Waals surface area contributed by atoms with Crippen molar-refractivity contribution in [3.8, 4) is 0 Å². The summed E-state index contributed by atoms with van der Waals surface area (Å²) in [5.41, 5.74) is 0. The van der Waals surface area contributed by atoms with Crippen molar-refractivity contribution in [2.24, 2.45) is 0 Å². The van der Waals surface area contributed by atoms with Gasteiger partial charge >= 0.3 is 6.03 Å². The molecule has 0 bridgehead atoms. The molecule has 1 heterocycles. The van der Waals surface area contributed by atoms with Crippen LogP contribution in [0.25, 0.3) is 0 Å². The van der Waals surface area contributed by atoms with Crippen LogP contribution in [0.4, 0.5) is 4.79 Å². The van der Waals surface area contributed by atoms with Gasteiger partial charge in [0.25, 0.3) is 0 Å². The maximum Gasteiger partial charge on any atom is 0.323 e. The number of nitrogens with one attached hydrogen (secondary N) is 1. The van der Waals surface area contributed by atoms with Crippen molar-refractivity contribution in [2.45, 2.75) is 72.0 Å². The highest BCUT2D eigenvalue weighted by molar-refractivity contribution is 5.76. The standard InChI is InChI=1S/C11H18N2O3.C3H8O2.C2H6/c1-3-9-5-6-10(16-9)13(7-4-8-14)11(15)12-2;1-3(2,4)5;1-2/h4,7-10H,3,5-6H2,1-2H3,(H,12,15);4-5H,1-2H3;1-2H3/b7-4-;;. The Balaban J connectivity index is 0. The molecule has 0 aromatic carbocycles. The lowest BCUT2D eigenvalue weighted by Gasteiger charge is -2.24. The smallest absolute Gasteiger partial charge is 0.323 e. The van der Waals surface area contributed by atoms with Gasteiger partial charge in [0.1, 0.15) is 12.5 Å². The molecule has 1 rings (SSSR count). The normalized spacial score (nSPS) is 20.0. The summed E-state index contributed by atoms with van der Waals surface area (Å²) in [5, 5.41) is 18.7. The van der Waals surface area contributed by atoms with E-state index in [0.29, 0.717) is 6.29 Å². The fourth-order valence-electron chi connectivity index (χ4n) is 1.74. The van der Waals surface area contributed by atoms with Gasteiger partial charge in [0.2, 0.25) is 0 Å². The number of nitrogens with zero attached hydrogens (tertiary/aromatic N) is 1. The molecule has 0 aromatic heterocycles. The summed E-state index contributed by atoms with van der Waals surface area (Å²) in [6.07, 6.45) is 6.02. The van der Waals surface area contributed by atoms with Gasteiger partial charge in [-0.25, -0.2) is 4.79 Å². The number of aldehydes is 1. The lowest BCUT2D eigenvalue weighted by molar-refractivity contribution is -0.127. The molecule has 2 unspecified atom stereocenters. The first-order valence-corrected chi connectivity index (χ1v) is 7.95. The lowest BCUT2D eigenvalue weighted by atomic mass is 10.2. The molecule has 0 saturated carbocycles. The number of carbonyl (C=O) groups excluding carboxylic acids is 2. The summed E-state index contributed by atoms with van der Waals surface area (Å²) in [6.45, 7) is 8.65. The molecule has 2 amide bonds. The Morgan fingerprint density at radius 2 is 1.87 bits per heavy atom. The zero-order valence-corrected chi connectivity index (χ0v) is 15.1. The van der Waals surface area contributed by atoms with E-state index in [1.807, 2.05) is 13.8 Å². The predicted octanol–water partition coefficient (Wildman–Crippen LogP) is 1.99. The molecule has 136 valence electrons. The van der Waals surface area contributed by atoms with E-state index in [0.717, 1.165) is 19.3 Å². The third-order valence-electron chi connectivity index (χ3n) is 2.62. The SMILES string of the molecule is CC.CC(C)(O)O.CCC1CCC(N(/C=C\C=O)C(=O)NC)O1. The van der Waals surface area contributed by atoms with E-state index in [1.54, 1.807) is 7.05 Å². The monoisotopic (exact) mass is 332 g/mol. The summed E-state index contributed by atoms with van der Waals surface area (Å²) >= 11 is 0. The van der Waals surface area contributed by atoms with Crippen LogP contribution in [0.3, 0.4) is 0 Å². The average Bonchev–Trinajstić information content (AvgIpc) is 2.96. The van der Waals surface area contributed by atoms with Crippen molar-refractivity contribution in [1.82, 2.24) is 10.2 Å². The highest BCUT2D eigenvalue weighted by Gasteiger charge is 2.30. The molecule has 7 nitrogen and oxygen atoms in total. The summed E-state index contributed by atoms with van der Waals surface area (Å²) in [5.74, 6) is -1.50. The van der Waals surface area contributed by atoms with Crippen LogP contribution in [0.5, 0.6) is 0 Å². The molecule has 23 heavy (non-hydrogen) atoms. The van der Waals surface area contributed by atoms with Crippen molar-refractivity contribution in [2.75, 3.05) is 7.05 Å². The molecular formula is C16H32N2O5. The molecule has 0 aromatic rings. The highest BCUT2D eigenvalue weighted by Crippen LogP contribution is 2.24. The largest absolute Gasteiger partial charge is 0.366 e. The van der Waals surface area contributed by atoms with E-state index in [1.165, 1.54) is 31.0 Å². The van der Waals surface area contributed by atoms with Gasteiger partial charge in [-0.2, -0.15) is 0 Å². The minimum atomic E-state index is -1.50. The van der Waals surface area contributed by atoms with Crippen molar-refractivity contribution < 1.29 is 24.5 Å². The van der Waals surface area contributed by atoms with Crippen LogP contribution < -0.4 is 5.32 Å². The molecular weight excluding hydrogens is 300 g/mol. The van der Waals surface area contributed by atoms with E-state index in [4.69, 9.17) is 14.9 Å². The van der Waals surface area contributed by atoms with E-state index >= 15 is 0 Å². The van der Waals surface area contributed by atoms with Crippen molar-refractivity contribution in [3.05, 3.63) is 12.3 Å². The minimum absolute atomic E-state index is 0.210. The number of ether oxygens (including phenoxy) is 1. The first kappa shape index (κ1) is 23.8.